The average Bonchev–Trinajstić information content (AvgIpc) is 2.39. The van der Waals surface area contributed by atoms with Gasteiger partial charge in [0.25, 0.3) is 0 Å². The van der Waals surface area contributed by atoms with E-state index in [2.05, 4.69) is 6.92 Å². The largest absolute Gasteiger partial charge is 0.245 e. The van der Waals surface area contributed by atoms with Crippen molar-refractivity contribution in [2.24, 2.45) is 5.92 Å². The quantitative estimate of drug-likeness (QED) is 0.856. The second kappa shape index (κ2) is 5.59. The van der Waals surface area contributed by atoms with Crippen LogP contribution < -0.4 is 0 Å². The van der Waals surface area contributed by atoms with Crippen LogP contribution in [-0.2, 0) is 10.0 Å². The van der Waals surface area contributed by atoms with Crippen LogP contribution in [0.15, 0.2) is 29.2 Å². The molecule has 1 aromatic carbocycles. The van der Waals surface area contributed by atoms with Gasteiger partial charge in [0.1, 0.15) is 10.7 Å². The molecule has 0 unspecified atom stereocenters. The van der Waals surface area contributed by atoms with Gasteiger partial charge >= 0.3 is 0 Å². The minimum absolute atomic E-state index is 0.0131. The Labute approximate surface area is 114 Å². The fourth-order valence-electron chi connectivity index (χ4n) is 2.61. The van der Waals surface area contributed by atoms with Crippen LogP contribution in [0.4, 0.5) is 4.39 Å². The summed E-state index contributed by atoms with van der Waals surface area (Å²) in [5.74, 6) is -0.0284. The Balaban J connectivity index is 2.23. The van der Waals surface area contributed by atoms with Crippen molar-refractivity contribution in [2.75, 3.05) is 7.05 Å². The zero-order chi connectivity index (χ0) is 14.0. The summed E-state index contributed by atoms with van der Waals surface area (Å²) in [6.07, 6.45) is 3.76. The lowest BCUT2D eigenvalue weighted by Gasteiger charge is -2.32. The average molecular weight is 285 g/mol. The number of hydrogen-bond donors (Lipinski definition) is 0. The van der Waals surface area contributed by atoms with E-state index in [-0.39, 0.29) is 10.9 Å². The summed E-state index contributed by atoms with van der Waals surface area (Å²) in [5.41, 5.74) is 0. The van der Waals surface area contributed by atoms with E-state index in [9.17, 15) is 12.8 Å². The molecule has 0 saturated heterocycles. The minimum Gasteiger partial charge on any atom is -0.207 e. The standard InChI is InChI=1S/C14H20FNO2S/c1-11-7-9-12(10-8-11)16(2)19(17,18)14-6-4-3-5-13(14)15/h3-6,11-12H,7-10H2,1-2H3. The SMILES string of the molecule is CC1CCC(N(C)S(=O)(=O)c2ccccc2F)CC1. The van der Waals surface area contributed by atoms with E-state index in [1.165, 1.54) is 22.5 Å². The third-order valence-electron chi connectivity index (χ3n) is 3.99. The van der Waals surface area contributed by atoms with Crippen LogP contribution in [0.5, 0.6) is 0 Å². The molecule has 0 spiro atoms. The maximum absolute atomic E-state index is 13.7. The van der Waals surface area contributed by atoms with Crippen molar-refractivity contribution in [1.29, 1.82) is 0 Å². The Kier molecular flexibility index (Phi) is 4.26. The molecule has 1 aliphatic carbocycles. The first-order valence-corrected chi connectivity index (χ1v) is 8.09. The molecule has 3 nitrogen and oxygen atoms in total. The van der Waals surface area contributed by atoms with Gasteiger partial charge in [-0.25, -0.2) is 12.8 Å². The third kappa shape index (κ3) is 2.98. The van der Waals surface area contributed by atoms with Gasteiger partial charge < -0.3 is 0 Å². The molecular formula is C14H20FNO2S. The molecule has 5 heteroatoms. The summed E-state index contributed by atoms with van der Waals surface area (Å²) in [7, 11) is -2.17. The number of nitrogens with zero attached hydrogens (tertiary/aromatic N) is 1. The summed E-state index contributed by atoms with van der Waals surface area (Å²) < 4.78 is 39.9. The van der Waals surface area contributed by atoms with Gasteiger partial charge in [-0.05, 0) is 43.7 Å². The van der Waals surface area contributed by atoms with Crippen molar-refractivity contribution < 1.29 is 12.8 Å². The topological polar surface area (TPSA) is 37.4 Å². The Bertz CT molecular complexity index is 536. The molecule has 1 fully saturated rings. The molecule has 1 aliphatic rings. The minimum atomic E-state index is -3.73. The number of benzene rings is 1. The van der Waals surface area contributed by atoms with Gasteiger partial charge in [0.2, 0.25) is 10.0 Å². The number of hydrogen-bond acceptors (Lipinski definition) is 2. The predicted molar refractivity (Wildman–Crippen MR) is 72.8 cm³/mol. The van der Waals surface area contributed by atoms with Crippen LogP contribution >= 0.6 is 0 Å². The van der Waals surface area contributed by atoms with E-state index in [0.29, 0.717) is 5.92 Å². The third-order valence-corrected chi connectivity index (χ3v) is 5.94. The molecule has 19 heavy (non-hydrogen) atoms. The maximum Gasteiger partial charge on any atom is 0.245 e. The Morgan fingerprint density at radius 2 is 1.74 bits per heavy atom. The van der Waals surface area contributed by atoms with E-state index in [1.807, 2.05) is 0 Å². The molecule has 0 amide bonds. The second-order valence-electron chi connectivity index (χ2n) is 5.37. The first-order valence-electron chi connectivity index (χ1n) is 6.65. The highest BCUT2D eigenvalue weighted by atomic mass is 32.2. The van der Waals surface area contributed by atoms with Crippen molar-refractivity contribution >= 4 is 10.0 Å². The number of halogens is 1. The van der Waals surface area contributed by atoms with Gasteiger partial charge in [-0.3, -0.25) is 0 Å². The van der Waals surface area contributed by atoms with E-state index < -0.39 is 15.8 Å². The highest BCUT2D eigenvalue weighted by molar-refractivity contribution is 7.89. The van der Waals surface area contributed by atoms with Crippen molar-refractivity contribution in [3.05, 3.63) is 30.1 Å². The molecule has 0 radical (unpaired) electrons. The van der Waals surface area contributed by atoms with Crippen LogP contribution in [-0.4, -0.2) is 25.8 Å². The van der Waals surface area contributed by atoms with Crippen LogP contribution in [0, 0.1) is 11.7 Å². The number of sulfonamides is 1. The van der Waals surface area contributed by atoms with Gasteiger partial charge in [-0.2, -0.15) is 4.31 Å². The first-order chi connectivity index (χ1) is 8.93. The lowest BCUT2D eigenvalue weighted by molar-refractivity contribution is 0.245. The summed E-state index contributed by atoms with van der Waals surface area (Å²) in [4.78, 5) is -0.226. The Morgan fingerprint density at radius 1 is 1.16 bits per heavy atom. The van der Waals surface area contributed by atoms with Crippen molar-refractivity contribution in [1.82, 2.24) is 4.31 Å². The molecule has 0 aromatic heterocycles. The van der Waals surface area contributed by atoms with Crippen LogP contribution in [0.3, 0.4) is 0 Å². The van der Waals surface area contributed by atoms with E-state index in [4.69, 9.17) is 0 Å². The Hall–Kier alpha value is -0.940. The molecule has 2 rings (SSSR count). The highest BCUT2D eigenvalue weighted by Crippen LogP contribution is 2.30. The van der Waals surface area contributed by atoms with E-state index >= 15 is 0 Å². The fraction of sp³-hybridized carbons (Fsp3) is 0.571. The Morgan fingerprint density at radius 3 is 2.32 bits per heavy atom. The predicted octanol–water partition coefficient (Wildman–Crippen LogP) is 3.02. The van der Waals surface area contributed by atoms with Crippen LogP contribution in [0.25, 0.3) is 0 Å². The van der Waals surface area contributed by atoms with Gasteiger partial charge in [0, 0.05) is 13.1 Å². The zero-order valence-electron chi connectivity index (χ0n) is 11.3. The molecule has 1 saturated carbocycles. The molecule has 0 bridgehead atoms. The zero-order valence-corrected chi connectivity index (χ0v) is 12.2. The van der Waals surface area contributed by atoms with Crippen molar-refractivity contribution in [3.63, 3.8) is 0 Å². The summed E-state index contributed by atoms with van der Waals surface area (Å²) >= 11 is 0. The van der Waals surface area contributed by atoms with Gasteiger partial charge in [0.05, 0.1) is 0 Å². The molecule has 0 atom stereocenters. The molecule has 0 heterocycles. The van der Waals surface area contributed by atoms with E-state index in [1.54, 1.807) is 13.1 Å². The molecular weight excluding hydrogens is 265 g/mol. The van der Waals surface area contributed by atoms with E-state index in [0.717, 1.165) is 25.7 Å². The number of rotatable bonds is 3. The van der Waals surface area contributed by atoms with Crippen LogP contribution in [0.2, 0.25) is 0 Å². The second-order valence-corrected chi connectivity index (χ2v) is 7.33. The molecule has 1 aromatic rings. The summed E-state index contributed by atoms with van der Waals surface area (Å²) in [6, 6.07) is 5.54. The summed E-state index contributed by atoms with van der Waals surface area (Å²) in [6.45, 7) is 2.18. The summed E-state index contributed by atoms with van der Waals surface area (Å²) in [5, 5.41) is 0. The molecule has 106 valence electrons. The van der Waals surface area contributed by atoms with Crippen molar-refractivity contribution in [3.8, 4) is 0 Å². The smallest absolute Gasteiger partial charge is 0.207 e. The lowest BCUT2D eigenvalue weighted by Crippen LogP contribution is -2.39. The van der Waals surface area contributed by atoms with Gasteiger partial charge in [-0.1, -0.05) is 19.1 Å². The van der Waals surface area contributed by atoms with Gasteiger partial charge in [-0.15, -0.1) is 0 Å². The normalized spacial score (nSPS) is 24.6. The maximum atomic E-state index is 13.7. The first kappa shape index (κ1) is 14.5. The van der Waals surface area contributed by atoms with Crippen LogP contribution in [0.1, 0.15) is 32.6 Å². The van der Waals surface area contributed by atoms with Crippen molar-refractivity contribution in [2.45, 2.75) is 43.5 Å². The molecule has 0 N–H and O–H groups in total. The highest BCUT2D eigenvalue weighted by Gasteiger charge is 2.31. The fourth-order valence-corrected chi connectivity index (χ4v) is 4.09. The lowest BCUT2D eigenvalue weighted by atomic mass is 9.87. The van der Waals surface area contributed by atoms with Gasteiger partial charge in [0.15, 0.2) is 0 Å². The monoisotopic (exact) mass is 285 g/mol. The molecule has 0 aliphatic heterocycles.